The molecule has 4 nitrogen and oxygen atoms in total. The predicted molar refractivity (Wildman–Crippen MR) is 33.8 cm³/mol. The standard InChI is InChI=1S/C5H7N3O/c1-5(9)3-2-4-7-8-6/h2-3H,4H2,1H3/b3-2+. The van der Waals surface area contributed by atoms with E-state index in [1.807, 2.05) is 0 Å². The first-order valence-electron chi connectivity index (χ1n) is 2.45. The fourth-order valence-electron chi connectivity index (χ4n) is 0.302. The molecule has 0 aromatic rings. The van der Waals surface area contributed by atoms with Crippen molar-refractivity contribution in [1.82, 2.24) is 0 Å². The number of nitrogens with zero attached hydrogens (tertiary/aromatic N) is 3. The number of rotatable bonds is 3. The van der Waals surface area contributed by atoms with E-state index in [0.717, 1.165) is 0 Å². The summed E-state index contributed by atoms with van der Waals surface area (Å²) in [5, 5.41) is 3.19. The summed E-state index contributed by atoms with van der Waals surface area (Å²) in [7, 11) is 0. The van der Waals surface area contributed by atoms with Crippen LogP contribution in [0.25, 0.3) is 10.4 Å². The minimum atomic E-state index is -0.0388. The van der Waals surface area contributed by atoms with Crippen LogP contribution in [0.2, 0.25) is 0 Å². The van der Waals surface area contributed by atoms with Gasteiger partial charge in [-0.1, -0.05) is 11.2 Å². The first kappa shape index (κ1) is 7.72. The van der Waals surface area contributed by atoms with Crippen molar-refractivity contribution in [3.63, 3.8) is 0 Å². The van der Waals surface area contributed by atoms with Crippen LogP contribution in [0.4, 0.5) is 0 Å². The summed E-state index contributed by atoms with van der Waals surface area (Å²) in [6, 6.07) is 0. The topological polar surface area (TPSA) is 65.8 Å². The Morgan fingerprint density at radius 3 is 3.00 bits per heavy atom. The van der Waals surface area contributed by atoms with Gasteiger partial charge in [-0.2, -0.15) is 0 Å². The Labute approximate surface area is 52.8 Å². The predicted octanol–water partition coefficient (Wildman–Crippen LogP) is 1.44. The fourth-order valence-corrected chi connectivity index (χ4v) is 0.302. The van der Waals surface area contributed by atoms with E-state index in [-0.39, 0.29) is 12.3 Å². The van der Waals surface area contributed by atoms with Crippen LogP contribution in [-0.4, -0.2) is 12.3 Å². The Bertz CT molecular complexity index is 167. The molecule has 0 aliphatic carbocycles. The van der Waals surface area contributed by atoms with Gasteiger partial charge in [0.25, 0.3) is 0 Å². The van der Waals surface area contributed by atoms with Crippen molar-refractivity contribution in [2.24, 2.45) is 5.11 Å². The quantitative estimate of drug-likeness (QED) is 0.243. The maximum atomic E-state index is 10.2. The first-order valence-corrected chi connectivity index (χ1v) is 2.45. The van der Waals surface area contributed by atoms with E-state index in [4.69, 9.17) is 5.53 Å². The molecule has 0 N–H and O–H groups in total. The van der Waals surface area contributed by atoms with Crippen molar-refractivity contribution < 1.29 is 4.79 Å². The van der Waals surface area contributed by atoms with Crippen molar-refractivity contribution in [3.05, 3.63) is 22.6 Å². The lowest BCUT2D eigenvalue weighted by atomic mass is 10.4. The van der Waals surface area contributed by atoms with Gasteiger partial charge in [0.05, 0.1) is 0 Å². The Kier molecular flexibility index (Phi) is 4.18. The third-order valence-corrected chi connectivity index (χ3v) is 0.603. The third kappa shape index (κ3) is 6.72. The van der Waals surface area contributed by atoms with Gasteiger partial charge in [-0.15, -0.1) is 0 Å². The molecule has 0 saturated heterocycles. The molecule has 48 valence electrons. The molecule has 4 heteroatoms. The lowest BCUT2D eigenvalue weighted by Gasteiger charge is -1.75. The van der Waals surface area contributed by atoms with Crippen LogP contribution < -0.4 is 0 Å². The van der Waals surface area contributed by atoms with Gasteiger partial charge in [-0.05, 0) is 18.5 Å². The average Bonchev–Trinajstić information content (AvgIpc) is 1.80. The molecule has 0 amide bonds. The fraction of sp³-hybridized carbons (Fsp3) is 0.400. The monoisotopic (exact) mass is 125 g/mol. The van der Waals surface area contributed by atoms with E-state index in [0.29, 0.717) is 0 Å². The molecular formula is C5H7N3O. The van der Waals surface area contributed by atoms with E-state index in [2.05, 4.69) is 10.0 Å². The Morgan fingerprint density at radius 1 is 1.89 bits per heavy atom. The van der Waals surface area contributed by atoms with Gasteiger partial charge >= 0.3 is 0 Å². The highest BCUT2D eigenvalue weighted by Gasteiger charge is 1.77. The number of azide groups is 1. The molecule has 0 aliphatic heterocycles. The van der Waals surface area contributed by atoms with Gasteiger partial charge in [-0.3, -0.25) is 4.79 Å². The molecular weight excluding hydrogens is 118 g/mol. The van der Waals surface area contributed by atoms with Crippen LogP contribution in [0.15, 0.2) is 17.3 Å². The summed E-state index contributed by atoms with van der Waals surface area (Å²) in [5.74, 6) is -0.0388. The molecule has 0 bridgehead atoms. The van der Waals surface area contributed by atoms with E-state index in [9.17, 15) is 4.79 Å². The lowest BCUT2D eigenvalue weighted by molar-refractivity contribution is -0.112. The van der Waals surface area contributed by atoms with Gasteiger partial charge in [0.2, 0.25) is 0 Å². The van der Waals surface area contributed by atoms with E-state index in [1.165, 1.54) is 19.1 Å². The van der Waals surface area contributed by atoms with E-state index >= 15 is 0 Å². The SMILES string of the molecule is CC(=O)/C=C/CN=[N+]=[N-]. The summed E-state index contributed by atoms with van der Waals surface area (Å²) in [6.45, 7) is 1.68. The molecule has 0 aliphatic rings. The minimum Gasteiger partial charge on any atom is -0.295 e. The molecule has 0 fully saturated rings. The number of ketones is 1. The van der Waals surface area contributed by atoms with Crippen molar-refractivity contribution in [2.75, 3.05) is 6.54 Å². The van der Waals surface area contributed by atoms with Crippen LogP contribution in [0, 0.1) is 0 Å². The second-order valence-corrected chi connectivity index (χ2v) is 1.43. The van der Waals surface area contributed by atoms with Crippen LogP contribution in [0.3, 0.4) is 0 Å². The summed E-state index contributed by atoms with van der Waals surface area (Å²) < 4.78 is 0. The summed E-state index contributed by atoms with van der Waals surface area (Å²) in [4.78, 5) is 12.7. The molecule has 0 saturated carbocycles. The molecule has 0 rings (SSSR count). The summed E-state index contributed by atoms with van der Waals surface area (Å²) >= 11 is 0. The third-order valence-electron chi connectivity index (χ3n) is 0.603. The molecule has 0 atom stereocenters. The summed E-state index contributed by atoms with van der Waals surface area (Å²) in [5.41, 5.74) is 7.77. The maximum Gasteiger partial charge on any atom is 0.152 e. The highest BCUT2D eigenvalue weighted by atomic mass is 16.1. The molecule has 0 spiro atoms. The highest BCUT2D eigenvalue weighted by molar-refractivity contribution is 5.87. The number of hydrogen-bond donors (Lipinski definition) is 0. The molecule has 0 aromatic carbocycles. The van der Waals surface area contributed by atoms with Gasteiger partial charge in [0.15, 0.2) is 5.78 Å². The van der Waals surface area contributed by atoms with Gasteiger partial charge in [0.1, 0.15) is 0 Å². The number of carbonyl (C=O) groups excluding carboxylic acids is 1. The lowest BCUT2D eigenvalue weighted by Crippen LogP contribution is -1.80. The minimum absolute atomic E-state index is 0.0388. The smallest absolute Gasteiger partial charge is 0.152 e. The highest BCUT2D eigenvalue weighted by Crippen LogP contribution is 1.76. The number of hydrogen-bond acceptors (Lipinski definition) is 2. The molecule has 9 heavy (non-hydrogen) atoms. The zero-order chi connectivity index (χ0) is 7.11. The Morgan fingerprint density at radius 2 is 2.56 bits per heavy atom. The molecule has 0 aromatic heterocycles. The average molecular weight is 125 g/mol. The normalized spacial score (nSPS) is 9.00. The first-order chi connectivity index (χ1) is 4.27. The van der Waals surface area contributed by atoms with Gasteiger partial charge in [-0.25, -0.2) is 0 Å². The largest absolute Gasteiger partial charge is 0.295 e. The Balaban J connectivity index is 3.48. The van der Waals surface area contributed by atoms with Crippen LogP contribution in [0.1, 0.15) is 6.92 Å². The second kappa shape index (κ2) is 4.87. The molecule has 0 heterocycles. The van der Waals surface area contributed by atoms with Crippen LogP contribution in [0.5, 0.6) is 0 Å². The molecule has 0 unspecified atom stereocenters. The van der Waals surface area contributed by atoms with Crippen molar-refractivity contribution in [3.8, 4) is 0 Å². The van der Waals surface area contributed by atoms with Crippen molar-refractivity contribution in [1.29, 1.82) is 0 Å². The summed E-state index contributed by atoms with van der Waals surface area (Å²) in [6.07, 6.45) is 2.89. The second-order valence-electron chi connectivity index (χ2n) is 1.43. The van der Waals surface area contributed by atoms with Crippen molar-refractivity contribution in [2.45, 2.75) is 6.92 Å². The van der Waals surface area contributed by atoms with E-state index in [1.54, 1.807) is 0 Å². The maximum absolute atomic E-state index is 10.2. The zero-order valence-electron chi connectivity index (χ0n) is 5.11. The zero-order valence-corrected chi connectivity index (χ0v) is 5.11. The number of carbonyl (C=O) groups is 1. The van der Waals surface area contributed by atoms with Crippen LogP contribution in [-0.2, 0) is 4.79 Å². The van der Waals surface area contributed by atoms with E-state index < -0.39 is 0 Å². The van der Waals surface area contributed by atoms with Gasteiger partial charge in [0, 0.05) is 11.5 Å². The van der Waals surface area contributed by atoms with Gasteiger partial charge < -0.3 is 0 Å². The Hall–Kier alpha value is -1.28. The molecule has 0 radical (unpaired) electrons. The van der Waals surface area contributed by atoms with Crippen LogP contribution >= 0.6 is 0 Å². The number of allylic oxidation sites excluding steroid dienone is 1. The van der Waals surface area contributed by atoms with Crippen molar-refractivity contribution >= 4 is 5.78 Å².